The van der Waals surface area contributed by atoms with Crippen LogP contribution in [0.5, 0.6) is 0 Å². The molecule has 0 spiro atoms. The van der Waals surface area contributed by atoms with Gasteiger partial charge in [0.05, 0.1) is 6.07 Å². The van der Waals surface area contributed by atoms with Gasteiger partial charge in [0.1, 0.15) is 5.54 Å². The van der Waals surface area contributed by atoms with Crippen LogP contribution in [-0.4, -0.2) is 24.2 Å². The molecule has 1 heterocycles. The van der Waals surface area contributed by atoms with Gasteiger partial charge < -0.3 is 5.32 Å². The number of nitrogens with one attached hydrogen (secondary N) is 2. The lowest BCUT2D eigenvalue weighted by atomic mass is 9.95. The Morgan fingerprint density at radius 2 is 2.17 bits per heavy atom. The fraction of sp³-hybridized carbons (Fsp3) is 0.889. The molecule has 3 heteroatoms. The van der Waals surface area contributed by atoms with E-state index in [1.165, 1.54) is 0 Å². The van der Waals surface area contributed by atoms with Crippen LogP contribution < -0.4 is 10.6 Å². The molecule has 1 fully saturated rings. The van der Waals surface area contributed by atoms with Gasteiger partial charge >= 0.3 is 0 Å². The fourth-order valence-corrected chi connectivity index (χ4v) is 1.64. The van der Waals surface area contributed by atoms with E-state index < -0.39 is 0 Å². The van der Waals surface area contributed by atoms with E-state index in [1.54, 1.807) is 0 Å². The number of nitrogens with zero attached hydrogens (tertiary/aromatic N) is 1. The van der Waals surface area contributed by atoms with Gasteiger partial charge in [-0.1, -0.05) is 0 Å². The molecular weight excluding hydrogens is 150 g/mol. The van der Waals surface area contributed by atoms with Crippen molar-refractivity contribution in [2.24, 2.45) is 0 Å². The van der Waals surface area contributed by atoms with Gasteiger partial charge in [-0.05, 0) is 33.7 Å². The van der Waals surface area contributed by atoms with Gasteiger partial charge in [0.2, 0.25) is 0 Å². The molecule has 1 aliphatic heterocycles. The van der Waals surface area contributed by atoms with Crippen LogP contribution in [0, 0.1) is 11.3 Å². The Balaban J connectivity index is 2.64. The maximum atomic E-state index is 9.03. The molecule has 3 nitrogen and oxygen atoms in total. The van der Waals surface area contributed by atoms with Crippen LogP contribution in [-0.2, 0) is 0 Å². The molecule has 1 rings (SSSR count). The van der Waals surface area contributed by atoms with Crippen molar-refractivity contribution >= 4 is 0 Å². The van der Waals surface area contributed by atoms with Gasteiger partial charge in [-0.3, -0.25) is 5.32 Å². The first kappa shape index (κ1) is 9.50. The first-order chi connectivity index (χ1) is 5.47. The summed E-state index contributed by atoms with van der Waals surface area (Å²) in [4.78, 5) is 0. The Morgan fingerprint density at radius 3 is 2.50 bits per heavy atom. The third-order valence-corrected chi connectivity index (χ3v) is 1.98. The summed E-state index contributed by atoms with van der Waals surface area (Å²) < 4.78 is 0. The largest absolute Gasteiger partial charge is 0.314 e. The molecule has 68 valence electrons. The molecule has 0 aliphatic carbocycles. The molecule has 1 aliphatic rings. The van der Waals surface area contributed by atoms with Crippen LogP contribution in [0.2, 0.25) is 0 Å². The molecule has 0 saturated carbocycles. The van der Waals surface area contributed by atoms with Crippen LogP contribution in [0.1, 0.15) is 27.2 Å². The summed E-state index contributed by atoms with van der Waals surface area (Å²) in [7, 11) is 0. The van der Waals surface area contributed by atoms with Gasteiger partial charge in [-0.25, -0.2) is 0 Å². The lowest BCUT2D eigenvalue weighted by Crippen LogP contribution is -2.54. The van der Waals surface area contributed by atoms with E-state index in [9.17, 15) is 0 Å². The Labute approximate surface area is 74.1 Å². The molecule has 12 heavy (non-hydrogen) atoms. The number of hydrogen-bond acceptors (Lipinski definition) is 3. The average Bonchev–Trinajstić information content (AvgIpc) is 2.34. The van der Waals surface area contributed by atoms with Crippen LogP contribution in [0.25, 0.3) is 0 Å². The summed E-state index contributed by atoms with van der Waals surface area (Å²) in [5.74, 6) is 0. The first-order valence-corrected chi connectivity index (χ1v) is 4.39. The minimum absolute atomic E-state index is 0.0156. The molecule has 0 aromatic heterocycles. The summed E-state index contributed by atoms with van der Waals surface area (Å²) in [6.45, 7) is 7.97. The van der Waals surface area contributed by atoms with Crippen molar-refractivity contribution in [3.63, 3.8) is 0 Å². The number of nitriles is 1. The highest BCUT2D eigenvalue weighted by Crippen LogP contribution is 2.17. The van der Waals surface area contributed by atoms with E-state index in [1.807, 2.05) is 0 Å². The minimum Gasteiger partial charge on any atom is -0.314 e. The Bertz CT molecular complexity index is 191. The molecule has 1 atom stereocenters. The molecule has 0 aromatic rings. The van der Waals surface area contributed by atoms with E-state index in [-0.39, 0.29) is 11.1 Å². The maximum Gasteiger partial charge on any atom is 0.120 e. The normalized spacial score (nSPS) is 30.2. The summed E-state index contributed by atoms with van der Waals surface area (Å²) >= 11 is 0. The third-order valence-electron chi connectivity index (χ3n) is 1.98. The molecule has 1 unspecified atom stereocenters. The van der Waals surface area contributed by atoms with Crippen molar-refractivity contribution in [1.82, 2.24) is 10.6 Å². The zero-order valence-electron chi connectivity index (χ0n) is 8.07. The van der Waals surface area contributed by atoms with Gasteiger partial charge in [-0.2, -0.15) is 5.26 Å². The second-order valence-corrected chi connectivity index (χ2v) is 4.50. The van der Waals surface area contributed by atoms with E-state index >= 15 is 0 Å². The zero-order chi connectivity index (χ0) is 9.24. The quantitative estimate of drug-likeness (QED) is 0.602. The smallest absolute Gasteiger partial charge is 0.120 e. The average molecular weight is 167 g/mol. The first-order valence-electron chi connectivity index (χ1n) is 4.39. The van der Waals surface area contributed by atoms with Crippen LogP contribution >= 0.6 is 0 Å². The van der Waals surface area contributed by atoms with E-state index in [0.29, 0.717) is 0 Å². The van der Waals surface area contributed by atoms with Crippen molar-refractivity contribution in [2.45, 2.75) is 38.3 Å². The van der Waals surface area contributed by atoms with Crippen molar-refractivity contribution in [3.05, 3.63) is 0 Å². The monoisotopic (exact) mass is 167 g/mol. The highest BCUT2D eigenvalue weighted by atomic mass is 15.1. The SMILES string of the molecule is CC(C)(C)NC1(C#N)CCNC1. The number of rotatable bonds is 1. The Morgan fingerprint density at radius 1 is 1.50 bits per heavy atom. The second-order valence-electron chi connectivity index (χ2n) is 4.50. The Hall–Kier alpha value is -0.590. The number of hydrogen-bond donors (Lipinski definition) is 2. The molecule has 1 saturated heterocycles. The van der Waals surface area contributed by atoms with E-state index in [2.05, 4.69) is 37.5 Å². The zero-order valence-corrected chi connectivity index (χ0v) is 8.07. The maximum absolute atomic E-state index is 9.03. The van der Waals surface area contributed by atoms with Gasteiger partial charge in [0, 0.05) is 12.1 Å². The van der Waals surface area contributed by atoms with E-state index in [4.69, 9.17) is 5.26 Å². The minimum atomic E-state index is -0.335. The standard InChI is InChI=1S/C9H17N3/c1-8(2,3)12-9(6-10)4-5-11-7-9/h11-12H,4-5,7H2,1-3H3. The summed E-state index contributed by atoms with van der Waals surface area (Å²) in [5.41, 5.74) is -0.319. The van der Waals surface area contributed by atoms with Crippen molar-refractivity contribution in [1.29, 1.82) is 5.26 Å². The van der Waals surface area contributed by atoms with Gasteiger partial charge in [0.25, 0.3) is 0 Å². The molecule has 2 N–H and O–H groups in total. The predicted octanol–water partition coefficient (Wildman–Crippen LogP) is 0.630. The summed E-state index contributed by atoms with van der Waals surface area (Å²) in [6.07, 6.45) is 0.904. The molecule has 0 radical (unpaired) electrons. The van der Waals surface area contributed by atoms with Crippen molar-refractivity contribution in [3.8, 4) is 6.07 Å². The van der Waals surface area contributed by atoms with Crippen molar-refractivity contribution < 1.29 is 0 Å². The topological polar surface area (TPSA) is 47.9 Å². The summed E-state index contributed by atoms with van der Waals surface area (Å²) in [5, 5.41) is 15.6. The van der Waals surface area contributed by atoms with Crippen LogP contribution in [0.3, 0.4) is 0 Å². The lowest BCUT2D eigenvalue weighted by molar-refractivity contribution is 0.317. The summed E-state index contributed by atoms with van der Waals surface area (Å²) in [6, 6.07) is 2.36. The van der Waals surface area contributed by atoms with Crippen molar-refractivity contribution in [2.75, 3.05) is 13.1 Å². The molecular formula is C9H17N3. The van der Waals surface area contributed by atoms with E-state index in [0.717, 1.165) is 19.5 Å². The predicted molar refractivity (Wildman–Crippen MR) is 48.7 cm³/mol. The van der Waals surface area contributed by atoms with Gasteiger partial charge in [0.15, 0.2) is 0 Å². The third kappa shape index (κ3) is 2.20. The van der Waals surface area contributed by atoms with Crippen LogP contribution in [0.15, 0.2) is 0 Å². The fourth-order valence-electron chi connectivity index (χ4n) is 1.64. The van der Waals surface area contributed by atoms with Crippen LogP contribution in [0.4, 0.5) is 0 Å². The lowest BCUT2D eigenvalue weighted by Gasteiger charge is -2.31. The molecule has 0 bridgehead atoms. The molecule has 0 aromatic carbocycles. The second kappa shape index (κ2) is 3.04. The highest BCUT2D eigenvalue weighted by Gasteiger charge is 2.36. The Kier molecular flexibility index (Phi) is 2.41. The molecule has 0 amide bonds. The highest BCUT2D eigenvalue weighted by molar-refractivity contribution is 5.13. The van der Waals surface area contributed by atoms with Gasteiger partial charge in [-0.15, -0.1) is 0 Å².